The van der Waals surface area contributed by atoms with Crippen molar-refractivity contribution in [2.75, 3.05) is 19.1 Å². The number of hydrogen-bond donors (Lipinski definition) is 0. The van der Waals surface area contributed by atoms with Crippen LogP contribution in [-0.4, -0.2) is 26.0 Å². The molecule has 0 spiro atoms. The molecule has 5 aromatic rings. The van der Waals surface area contributed by atoms with Crippen molar-refractivity contribution in [3.05, 3.63) is 86.9 Å². The number of thiophene rings is 1. The molecule has 0 saturated heterocycles. The highest BCUT2D eigenvalue weighted by molar-refractivity contribution is 7.24. The van der Waals surface area contributed by atoms with Gasteiger partial charge in [0, 0.05) is 37.6 Å². The van der Waals surface area contributed by atoms with Crippen molar-refractivity contribution in [2.24, 2.45) is 0 Å². The number of carbonyl (C=O) groups excluding carboxylic acids is 2. The second-order valence-electron chi connectivity index (χ2n) is 7.73. The van der Waals surface area contributed by atoms with Gasteiger partial charge in [-0.15, -0.1) is 22.7 Å². The van der Waals surface area contributed by atoms with Crippen LogP contribution < -0.4 is 10.3 Å². The zero-order chi connectivity index (χ0) is 23.3. The summed E-state index contributed by atoms with van der Waals surface area (Å²) in [4.78, 5) is 40.5. The second kappa shape index (κ2) is 8.10. The van der Waals surface area contributed by atoms with Crippen molar-refractivity contribution in [1.82, 2.24) is 0 Å². The number of esters is 1. The quantitative estimate of drug-likeness (QED) is 0.238. The lowest BCUT2D eigenvalue weighted by Crippen LogP contribution is -2.26. The predicted octanol–water partition coefficient (Wildman–Crippen LogP) is 6.00. The summed E-state index contributed by atoms with van der Waals surface area (Å²) in [6.45, 7) is 1.90. The average Bonchev–Trinajstić information content (AvgIpc) is 3.18. The molecule has 5 nitrogen and oxygen atoms in total. The third-order valence-electron chi connectivity index (χ3n) is 5.80. The zero-order valence-corrected chi connectivity index (χ0v) is 19.8. The molecule has 2 heterocycles. The Hall–Kier alpha value is -3.55. The van der Waals surface area contributed by atoms with Gasteiger partial charge >= 0.3 is 5.97 Å². The SMILES string of the molecule is COC(=O)c1ccc2c(C)c(C(=O)N(C)c3ccc4sc5ccccc5c(=O)c4c3)sc2c1. The first-order valence-electron chi connectivity index (χ1n) is 10.2. The van der Waals surface area contributed by atoms with Gasteiger partial charge in [0.2, 0.25) is 0 Å². The number of amides is 1. The summed E-state index contributed by atoms with van der Waals surface area (Å²) in [5, 5.41) is 2.22. The topological polar surface area (TPSA) is 63.7 Å². The number of benzene rings is 3. The average molecular weight is 474 g/mol. The second-order valence-corrected chi connectivity index (χ2v) is 9.87. The first-order valence-corrected chi connectivity index (χ1v) is 11.9. The molecule has 7 heteroatoms. The van der Waals surface area contributed by atoms with Crippen molar-refractivity contribution in [3.63, 3.8) is 0 Å². The summed E-state index contributed by atoms with van der Waals surface area (Å²) < 4.78 is 7.48. The Morgan fingerprint density at radius 1 is 0.848 bits per heavy atom. The fraction of sp³-hybridized carbons (Fsp3) is 0.115. The van der Waals surface area contributed by atoms with Crippen LogP contribution in [0.2, 0.25) is 0 Å². The molecule has 2 aromatic heterocycles. The fourth-order valence-corrected chi connectivity index (χ4v) is 6.22. The normalized spacial score (nSPS) is 11.2. The Bertz CT molecular complexity index is 1650. The zero-order valence-electron chi connectivity index (χ0n) is 18.2. The minimum absolute atomic E-state index is 0.0320. The summed E-state index contributed by atoms with van der Waals surface area (Å²) in [5.74, 6) is -0.573. The van der Waals surface area contributed by atoms with Crippen LogP contribution in [0.5, 0.6) is 0 Å². The Morgan fingerprint density at radius 2 is 1.61 bits per heavy atom. The van der Waals surface area contributed by atoms with Crippen molar-refractivity contribution in [3.8, 4) is 0 Å². The van der Waals surface area contributed by atoms with E-state index in [4.69, 9.17) is 4.74 Å². The van der Waals surface area contributed by atoms with E-state index in [0.29, 0.717) is 26.9 Å². The molecule has 0 bridgehead atoms. The van der Waals surface area contributed by atoms with E-state index in [1.165, 1.54) is 18.4 Å². The first kappa shape index (κ1) is 21.3. The first-order chi connectivity index (χ1) is 15.9. The van der Waals surface area contributed by atoms with Crippen molar-refractivity contribution >= 4 is 70.5 Å². The van der Waals surface area contributed by atoms with Crippen LogP contribution in [0.25, 0.3) is 30.3 Å². The van der Waals surface area contributed by atoms with E-state index in [0.717, 1.165) is 25.0 Å². The molecular formula is C26H19NO4S2. The molecule has 0 atom stereocenters. The van der Waals surface area contributed by atoms with Gasteiger partial charge < -0.3 is 9.64 Å². The molecule has 0 fully saturated rings. The van der Waals surface area contributed by atoms with E-state index in [9.17, 15) is 14.4 Å². The third-order valence-corrected chi connectivity index (χ3v) is 8.20. The molecule has 0 aliphatic heterocycles. The van der Waals surface area contributed by atoms with E-state index in [-0.39, 0.29) is 11.3 Å². The monoisotopic (exact) mass is 473 g/mol. The van der Waals surface area contributed by atoms with Crippen LogP contribution in [0, 0.1) is 6.92 Å². The number of carbonyl (C=O) groups is 2. The standard InChI is InChI=1S/C26H19NO4S2/c1-14-17-10-8-15(26(30)31-3)12-22(17)33-24(14)25(29)27(2)16-9-11-21-19(13-16)23(28)18-6-4-5-7-20(18)32-21/h4-13H,1-3H3. The predicted molar refractivity (Wildman–Crippen MR) is 136 cm³/mol. The molecule has 0 aliphatic carbocycles. The molecule has 1 amide bonds. The van der Waals surface area contributed by atoms with Crippen LogP contribution in [-0.2, 0) is 4.74 Å². The van der Waals surface area contributed by atoms with E-state index in [2.05, 4.69) is 0 Å². The van der Waals surface area contributed by atoms with Gasteiger partial charge in [0.1, 0.15) is 0 Å². The third kappa shape index (κ3) is 3.50. The number of aryl methyl sites for hydroxylation is 1. The Kier molecular flexibility index (Phi) is 5.23. The number of anilines is 1. The molecule has 0 radical (unpaired) electrons. The lowest BCUT2D eigenvalue weighted by Gasteiger charge is -2.17. The van der Waals surface area contributed by atoms with Crippen molar-refractivity contribution in [1.29, 1.82) is 0 Å². The van der Waals surface area contributed by atoms with Crippen LogP contribution in [0.4, 0.5) is 5.69 Å². The molecule has 0 unspecified atom stereocenters. The number of rotatable bonds is 3. The lowest BCUT2D eigenvalue weighted by atomic mass is 10.1. The number of ether oxygens (including phenoxy) is 1. The van der Waals surface area contributed by atoms with Crippen molar-refractivity contribution in [2.45, 2.75) is 6.92 Å². The van der Waals surface area contributed by atoms with Gasteiger partial charge in [-0.25, -0.2) is 4.79 Å². The van der Waals surface area contributed by atoms with Gasteiger partial charge in [-0.1, -0.05) is 18.2 Å². The summed E-state index contributed by atoms with van der Waals surface area (Å²) in [6, 6.07) is 18.4. The lowest BCUT2D eigenvalue weighted by molar-refractivity contribution is 0.0601. The summed E-state index contributed by atoms with van der Waals surface area (Å²) >= 11 is 2.91. The molecule has 0 saturated carbocycles. The van der Waals surface area contributed by atoms with Gasteiger partial charge in [0.25, 0.3) is 5.91 Å². The van der Waals surface area contributed by atoms with E-state index < -0.39 is 5.97 Å². The van der Waals surface area contributed by atoms with Gasteiger partial charge in [-0.2, -0.15) is 0 Å². The molecule has 33 heavy (non-hydrogen) atoms. The summed E-state index contributed by atoms with van der Waals surface area (Å²) in [6.07, 6.45) is 0. The van der Waals surface area contributed by atoms with Gasteiger partial charge in [0.05, 0.1) is 17.6 Å². The molecule has 0 N–H and O–H groups in total. The van der Waals surface area contributed by atoms with Gasteiger partial charge in [-0.3, -0.25) is 9.59 Å². The van der Waals surface area contributed by atoms with Crippen LogP contribution in [0.15, 0.2) is 65.5 Å². The number of fused-ring (bicyclic) bond motifs is 3. The van der Waals surface area contributed by atoms with Gasteiger partial charge in [0.15, 0.2) is 5.43 Å². The summed E-state index contributed by atoms with van der Waals surface area (Å²) in [5.41, 5.74) is 1.93. The molecule has 0 aliphatic rings. The molecule has 5 rings (SSSR count). The van der Waals surface area contributed by atoms with E-state index >= 15 is 0 Å². The Balaban J connectivity index is 1.56. The highest BCUT2D eigenvalue weighted by Crippen LogP contribution is 2.34. The van der Waals surface area contributed by atoms with Crippen LogP contribution in [0.3, 0.4) is 0 Å². The largest absolute Gasteiger partial charge is 0.465 e. The maximum atomic E-state index is 13.4. The van der Waals surface area contributed by atoms with Crippen molar-refractivity contribution < 1.29 is 14.3 Å². The number of nitrogens with zero attached hydrogens (tertiary/aromatic N) is 1. The minimum atomic E-state index is -0.411. The smallest absolute Gasteiger partial charge is 0.337 e. The van der Waals surface area contributed by atoms with E-state index in [1.807, 2.05) is 49.4 Å². The summed E-state index contributed by atoms with van der Waals surface area (Å²) in [7, 11) is 3.05. The van der Waals surface area contributed by atoms with Gasteiger partial charge in [-0.05, 0) is 60.3 Å². The number of methoxy groups -OCH3 is 1. The maximum Gasteiger partial charge on any atom is 0.337 e. The van der Waals surface area contributed by atoms with E-state index in [1.54, 1.807) is 41.5 Å². The number of hydrogen-bond acceptors (Lipinski definition) is 6. The molecule has 3 aromatic carbocycles. The fourth-order valence-electron chi connectivity index (χ4n) is 3.94. The highest BCUT2D eigenvalue weighted by Gasteiger charge is 2.21. The highest BCUT2D eigenvalue weighted by atomic mass is 32.1. The maximum absolute atomic E-state index is 13.4. The minimum Gasteiger partial charge on any atom is -0.465 e. The molecule has 164 valence electrons. The van der Waals surface area contributed by atoms with Crippen LogP contribution in [0.1, 0.15) is 25.6 Å². The molecular weight excluding hydrogens is 454 g/mol. The van der Waals surface area contributed by atoms with Crippen LogP contribution >= 0.6 is 22.7 Å². The Morgan fingerprint density at radius 3 is 2.39 bits per heavy atom. The Labute approximate surface area is 197 Å².